The Morgan fingerprint density at radius 1 is 1.29 bits per heavy atom. The second kappa shape index (κ2) is 3.49. The Kier molecular flexibility index (Phi) is 2.61. The molecule has 2 nitrogen and oxygen atoms in total. The van der Waals surface area contributed by atoms with Gasteiger partial charge >= 0.3 is 0 Å². The molecule has 0 aliphatic heterocycles. The lowest BCUT2D eigenvalue weighted by Gasteiger charge is -2.46. The Hall–Kier alpha value is -0.0800. The van der Waals surface area contributed by atoms with E-state index in [1.165, 1.54) is 25.7 Å². The van der Waals surface area contributed by atoms with Crippen molar-refractivity contribution in [1.29, 1.82) is 0 Å². The summed E-state index contributed by atoms with van der Waals surface area (Å²) in [6.07, 6.45) is 8.28. The monoisotopic (exact) mass is 198 g/mol. The van der Waals surface area contributed by atoms with Crippen molar-refractivity contribution in [2.45, 2.75) is 63.6 Å². The van der Waals surface area contributed by atoms with Crippen LogP contribution in [0.25, 0.3) is 0 Å². The summed E-state index contributed by atoms with van der Waals surface area (Å²) in [6.45, 7) is 2.33. The molecule has 0 spiro atoms. The molecule has 0 amide bonds. The zero-order chi connectivity index (χ0) is 10.2. The normalized spacial score (nSPS) is 40.9. The standard InChI is InChI=1S/C12H22O2/c1-11(5-3-4-6-11)9-12(13)7-10(8-12)14-2/h10,13H,3-9H2,1-2H3. The number of methoxy groups -OCH3 is 1. The fourth-order valence-electron chi connectivity index (χ4n) is 3.30. The van der Waals surface area contributed by atoms with Crippen LogP contribution in [-0.4, -0.2) is 23.9 Å². The first-order valence-corrected chi connectivity index (χ1v) is 5.81. The molecular weight excluding hydrogens is 176 g/mol. The van der Waals surface area contributed by atoms with E-state index in [9.17, 15) is 5.11 Å². The van der Waals surface area contributed by atoms with Gasteiger partial charge in [0, 0.05) is 20.0 Å². The van der Waals surface area contributed by atoms with Crippen molar-refractivity contribution in [3.8, 4) is 0 Å². The van der Waals surface area contributed by atoms with Crippen molar-refractivity contribution in [2.75, 3.05) is 7.11 Å². The van der Waals surface area contributed by atoms with Crippen LogP contribution in [0.2, 0.25) is 0 Å². The van der Waals surface area contributed by atoms with Crippen molar-refractivity contribution in [1.82, 2.24) is 0 Å². The summed E-state index contributed by atoms with van der Waals surface area (Å²) in [4.78, 5) is 0. The van der Waals surface area contributed by atoms with E-state index in [1.807, 2.05) is 0 Å². The van der Waals surface area contributed by atoms with Crippen molar-refractivity contribution in [3.05, 3.63) is 0 Å². The van der Waals surface area contributed by atoms with E-state index in [4.69, 9.17) is 4.74 Å². The van der Waals surface area contributed by atoms with Crippen LogP contribution in [0, 0.1) is 5.41 Å². The highest BCUT2D eigenvalue weighted by Crippen LogP contribution is 2.49. The summed E-state index contributed by atoms with van der Waals surface area (Å²) < 4.78 is 5.22. The fraction of sp³-hybridized carbons (Fsp3) is 1.00. The molecule has 2 saturated carbocycles. The van der Waals surface area contributed by atoms with Gasteiger partial charge in [0.1, 0.15) is 0 Å². The van der Waals surface area contributed by atoms with Gasteiger partial charge in [0.05, 0.1) is 11.7 Å². The van der Waals surface area contributed by atoms with Gasteiger partial charge < -0.3 is 9.84 Å². The van der Waals surface area contributed by atoms with Gasteiger partial charge in [-0.1, -0.05) is 19.8 Å². The topological polar surface area (TPSA) is 29.5 Å². The molecule has 0 aromatic heterocycles. The Bertz CT molecular complexity index is 200. The lowest BCUT2D eigenvalue weighted by Crippen LogP contribution is -2.50. The van der Waals surface area contributed by atoms with Gasteiger partial charge in [-0.15, -0.1) is 0 Å². The van der Waals surface area contributed by atoms with Crippen molar-refractivity contribution < 1.29 is 9.84 Å². The van der Waals surface area contributed by atoms with Gasteiger partial charge in [-0.3, -0.25) is 0 Å². The Balaban J connectivity index is 1.85. The predicted octanol–water partition coefficient (Wildman–Crippen LogP) is 2.50. The molecule has 2 aliphatic rings. The predicted molar refractivity (Wildman–Crippen MR) is 56.2 cm³/mol. The maximum absolute atomic E-state index is 10.3. The van der Waals surface area contributed by atoms with Gasteiger partial charge in [0.15, 0.2) is 0 Å². The number of rotatable bonds is 3. The summed E-state index contributed by atoms with van der Waals surface area (Å²) in [6, 6.07) is 0. The minimum absolute atomic E-state index is 0.310. The van der Waals surface area contributed by atoms with E-state index < -0.39 is 5.60 Å². The van der Waals surface area contributed by atoms with Crippen LogP contribution >= 0.6 is 0 Å². The first-order chi connectivity index (χ1) is 6.55. The fourth-order valence-corrected chi connectivity index (χ4v) is 3.30. The highest BCUT2D eigenvalue weighted by Gasteiger charge is 2.47. The van der Waals surface area contributed by atoms with E-state index in [2.05, 4.69) is 6.92 Å². The molecule has 0 unspecified atom stereocenters. The summed E-state index contributed by atoms with van der Waals surface area (Å²) in [5, 5.41) is 10.3. The van der Waals surface area contributed by atoms with Crippen molar-refractivity contribution >= 4 is 0 Å². The van der Waals surface area contributed by atoms with E-state index in [-0.39, 0.29) is 0 Å². The quantitative estimate of drug-likeness (QED) is 0.755. The zero-order valence-electron chi connectivity index (χ0n) is 9.38. The van der Waals surface area contributed by atoms with Crippen molar-refractivity contribution in [2.24, 2.45) is 5.41 Å². The molecule has 2 rings (SSSR count). The van der Waals surface area contributed by atoms with Gasteiger partial charge in [-0.05, 0) is 24.7 Å². The smallest absolute Gasteiger partial charge is 0.0702 e. The van der Waals surface area contributed by atoms with Crippen LogP contribution in [0.5, 0.6) is 0 Å². The summed E-state index contributed by atoms with van der Waals surface area (Å²) >= 11 is 0. The van der Waals surface area contributed by atoms with E-state index >= 15 is 0 Å². The first kappa shape index (κ1) is 10.4. The van der Waals surface area contributed by atoms with Crippen LogP contribution in [0.4, 0.5) is 0 Å². The average molecular weight is 198 g/mol. The molecule has 0 radical (unpaired) electrons. The third kappa shape index (κ3) is 1.96. The third-order valence-corrected chi connectivity index (χ3v) is 4.12. The third-order valence-electron chi connectivity index (χ3n) is 4.12. The molecular formula is C12H22O2. The van der Waals surface area contributed by atoms with Crippen LogP contribution in [0.1, 0.15) is 51.9 Å². The van der Waals surface area contributed by atoms with Gasteiger partial charge in [-0.25, -0.2) is 0 Å². The van der Waals surface area contributed by atoms with Crippen LogP contribution in [0.3, 0.4) is 0 Å². The molecule has 0 atom stereocenters. The van der Waals surface area contributed by atoms with E-state index in [0.29, 0.717) is 11.5 Å². The summed E-state index contributed by atoms with van der Waals surface area (Å²) in [7, 11) is 1.74. The lowest BCUT2D eigenvalue weighted by molar-refractivity contribution is -0.145. The van der Waals surface area contributed by atoms with Gasteiger partial charge in [0.25, 0.3) is 0 Å². The molecule has 0 saturated heterocycles. The number of aliphatic hydroxyl groups is 1. The van der Waals surface area contributed by atoms with E-state index in [1.54, 1.807) is 7.11 Å². The number of hydrogen-bond donors (Lipinski definition) is 1. The highest BCUT2D eigenvalue weighted by molar-refractivity contribution is 4.99. The molecule has 0 aromatic rings. The molecule has 1 N–H and O–H groups in total. The minimum Gasteiger partial charge on any atom is -0.390 e. The van der Waals surface area contributed by atoms with Crippen molar-refractivity contribution in [3.63, 3.8) is 0 Å². The number of ether oxygens (including phenoxy) is 1. The molecule has 0 bridgehead atoms. The largest absolute Gasteiger partial charge is 0.390 e. The minimum atomic E-state index is -0.403. The summed E-state index contributed by atoms with van der Waals surface area (Å²) in [5.74, 6) is 0. The summed E-state index contributed by atoms with van der Waals surface area (Å²) in [5.41, 5.74) is 0.00717. The second-order valence-electron chi connectivity index (χ2n) is 5.68. The van der Waals surface area contributed by atoms with Crippen LogP contribution in [0.15, 0.2) is 0 Å². The SMILES string of the molecule is COC1CC(O)(CC2(C)CCCC2)C1. The average Bonchev–Trinajstić information content (AvgIpc) is 2.47. The highest BCUT2D eigenvalue weighted by atomic mass is 16.5. The van der Waals surface area contributed by atoms with Crippen LogP contribution in [-0.2, 0) is 4.74 Å². The molecule has 2 heteroatoms. The molecule has 2 fully saturated rings. The second-order valence-corrected chi connectivity index (χ2v) is 5.68. The molecule has 0 heterocycles. The molecule has 82 valence electrons. The Labute approximate surface area is 86.6 Å². The van der Waals surface area contributed by atoms with Crippen LogP contribution < -0.4 is 0 Å². The zero-order valence-corrected chi connectivity index (χ0v) is 9.38. The maximum Gasteiger partial charge on any atom is 0.0702 e. The lowest BCUT2D eigenvalue weighted by atomic mass is 9.67. The van der Waals surface area contributed by atoms with Gasteiger partial charge in [-0.2, -0.15) is 0 Å². The Morgan fingerprint density at radius 2 is 1.86 bits per heavy atom. The first-order valence-electron chi connectivity index (χ1n) is 5.81. The van der Waals surface area contributed by atoms with Gasteiger partial charge in [0.2, 0.25) is 0 Å². The number of hydrogen-bond acceptors (Lipinski definition) is 2. The molecule has 14 heavy (non-hydrogen) atoms. The van der Waals surface area contributed by atoms with E-state index in [0.717, 1.165) is 19.3 Å². The Morgan fingerprint density at radius 3 is 2.36 bits per heavy atom. The maximum atomic E-state index is 10.3. The molecule has 2 aliphatic carbocycles. The molecule has 0 aromatic carbocycles.